The van der Waals surface area contributed by atoms with Crippen LogP contribution in [0.1, 0.15) is 64.8 Å². The van der Waals surface area contributed by atoms with Crippen molar-refractivity contribution in [3.8, 4) is 0 Å². The Kier molecular flexibility index (Phi) is 6.15. The Bertz CT molecular complexity index is 710. The van der Waals surface area contributed by atoms with Gasteiger partial charge in [-0.1, -0.05) is 24.3 Å². The quantitative estimate of drug-likeness (QED) is 0.691. The minimum atomic E-state index is -1.06. The van der Waals surface area contributed by atoms with Gasteiger partial charge in [-0.25, -0.2) is 9.59 Å². The number of carboxylic acids is 2. The summed E-state index contributed by atoms with van der Waals surface area (Å²) in [5.74, 6) is 1.86. The van der Waals surface area contributed by atoms with E-state index in [0.717, 1.165) is 23.7 Å². The van der Waals surface area contributed by atoms with Crippen LogP contribution in [0.5, 0.6) is 0 Å². The highest BCUT2D eigenvalue weighted by Gasteiger charge is 2.26. The van der Waals surface area contributed by atoms with Crippen molar-refractivity contribution in [1.29, 1.82) is 0 Å². The monoisotopic (exact) mass is 368 g/mol. The number of rotatable bonds is 2. The molecule has 1 aromatic carbocycles. The van der Waals surface area contributed by atoms with Crippen LogP contribution in [0.2, 0.25) is 0 Å². The molecule has 0 radical (unpaired) electrons. The third-order valence-electron chi connectivity index (χ3n) is 6.04. The molecule has 5 rings (SSSR count). The fourth-order valence-corrected chi connectivity index (χ4v) is 4.47. The van der Waals surface area contributed by atoms with Gasteiger partial charge in [0.1, 0.15) is 0 Å². The molecule has 0 heterocycles. The Balaban J connectivity index is 0.000000125. The minimum absolute atomic E-state index is 0.0995. The van der Waals surface area contributed by atoms with E-state index >= 15 is 0 Å². The molecule has 4 aliphatic rings. The van der Waals surface area contributed by atoms with Crippen LogP contribution in [-0.2, 0) is 0 Å². The second-order valence-corrected chi connectivity index (χ2v) is 8.08. The van der Waals surface area contributed by atoms with E-state index in [4.69, 9.17) is 10.2 Å². The molecule has 2 saturated carbocycles. The summed E-state index contributed by atoms with van der Waals surface area (Å²) < 4.78 is 0. The first-order valence-electron chi connectivity index (χ1n) is 9.86. The molecule has 2 N–H and O–H groups in total. The Morgan fingerprint density at radius 1 is 0.778 bits per heavy atom. The number of hydrogen-bond acceptors (Lipinski definition) is 2. The Hall–Kier alpha value is -2.36. The number of aryl methyl sites for hydroxylation is 1. The number of aromatic carboxylic acids is 2. The van der Waals surface area contributed by atoms with E-state index in [9.17, 15) is 9.59 Å². The zero-order chi connectivity index (χ0) is 19.4. The normalized spacial score (nSPS) is 28.3. The molecule has 4 unspecified atom stereocenters. The number of hydrogen-bond donors (Lipinski definition) is 2. The molecular weight excluding hydrogens is 340 g/mol. The molecule has 4 bridgehead atoms. The van der Waals surface area contributed by atoms with E-state index in [-0.39, 0.29) is 11.1 Å². The lowest BCUT2D eigenvalue weighted by Gasteiger charge is -2.01. The Morgan fingerprint density at radius 2 is 1.22 bits per heavy atom. The summed E-state index contributed by atoms with van der Waals surface area (Å²) in [5, 5.41) is 17.2. The van der Waals surface area contributed by atoms with Gasteiger partial charge < -0.3 is 10.2 Å². The standard InChI is InChI=1S/C9H8O4.2C7H10/c1-5-4-6(8(10)11)2-3-7(5)9(12)13;2*1-2-7-4-3-6(1)5-7/h2-4H,1H3,(H,10,11)(H,12,13);2*1-2,6-7H,3-5H2. The summed E-state index contributed by atoms with van der Waals surface area (Å²) in [6.07, 6.45) is 18.4. The van der Waals surface area contributed by atoms with Gasteiger partial charge in [0.05, 0.1) is 11.1 Å². The van der Waals surface area contributed by atoms with E-state index in [1.54, 1.807) is 6.92 Å². The van der Waals surface area contributed by atoms with Crippen molar-refractivity contribution in [2.24, 2.45) is 23.7 Å². The average Bonchev–Trinajstić information content (AvgIpc) is 3.44. The zero-order valence-corrected chi connectivity index (χ0v) is 15.8. The fourth-order valence-electron chi connectivity index (χ4n) is 4.47. The number of benzene rings is 1. The maximum Gasteiger partial charge on any atom is 0.335 e. The van der Waals surface area contributed by atoms with E-state index in [1.165, 1.54) is 56.7 Å². The molecule has 0 spiro atoms. The molecule has 0 amide bonds. The van der Waals surface area contributed by atoms with Crippen LogP contribution in [0.15, 0.2) is 42.5 Å². The number of carbonyl (C=O) groups is 2. The summed E-state index contributed by atoms with van der Waals surface area (Å²) in [4.78, 5) is 21.0. The predicted molar refractivity (Wildman–Crippen MR) is 105 cm³/mol. The van der Waals surface area contributed by atoms with Gasteiger partial charge in [-0.3, -0.25) is 0 Å². The molecule has 0 aromatic heterocycles. The van der Waals surface area contributed by atoms with Crippen LogP contribution in [0.3, 0.4) is 0 Å². The topological polar surface area (TPSA) is 74.6 Å². The van der Waals surface area contributed by atoms with Crippen LogP contribution in [0.4, 0.5) is 0 Å². The van der Waals surface area contributed by atoms with Crippen molar-refractivity contribution in [3.63, 3.8) is 0 Å². The summed E-state index contributed by atoms with van der Waals surface area (Å²) in [5.41, 5.74) is 0.680. The number of allylic oxidation sites excluding steroid dienone is 4. The second-order valence-electron chi connectivity index (χ2n) is 8.08. The molecule has 4 nitrogen and oxygen atoms in total. The zero-order valence-electron chi connectivity index (χ0n) is 15.8. The van der Waals surface area contributed by atoms with Crippen molar-refractivity contribution in [2.45, 2.75) is 45.4 Å². The minimum Gasteiger partial charge on any atom is -0.478 e. The van der Waals surface area contributed by atoms with Crippen LogP contribution >= 0.6 is 0 Å². The second kappa shape index (κ2) is 8.55. The lowest BCUT2D eigenvalue weighted by Crippen LogP contribution is -2.03. The summed E-state index contributed by atoms with van der Waals surface area (Å²) in [7, 11) is 0. The Labute approximate surface area is 160 Å². The third-order valence-corrected chi connectivity index (χ3v) is 6.04. The van der Waals surface area contributed by atoms with Crippen LogP contribution in [0, 0.1) is 30.6 Å². The van der Waals surface area contributed by atoms with Gasteiger partial charge in [-0.05, 0) is 92.9 Å². The highest BCUT2D eigenvalue weighted by molar-refractivity contribution is 5.93. The van der Waals surface area contributed by atoms with Crippen LogP contribution in [-0.4, -0.2) is 22.2 Å². The highest BCUT2D eigenvalue weighted by atomic mass is 16.4. The van der Waals surface area contributed by atoms with Gasteiger partial charge in [0.2, 0.25) is 0 Å². The van der Waals surface area contributed by atoms with Gasteiger partial charge >= 0.3 is 11.9 Å². The van der Waals surface area contributed by atoms with E-state index in [0.29, 0.717) is 5.56 Å². The predicted octanol–water partition coefficient (Wildman–Crippen LogP) is 5.34. The highest BCUT2D eigenvalue weighted by Crippen LogP contribution is 2.38. The molecule has 4 atom stereocenters. The molecule has 1 aromatic rings. The summed E-state index contributed by atoms with van der Waals surface area (Å²) >= 11 is 0. The molecular formula is C23H28O4. The molecule has 27 heavy (non-hydrogen) atoms. The lowest BCUT2D eigenvalue weighted by molar-refractivity contribution is 0.0680. The van der Waals surface area contributed by atoms with Gasteiger partial charge in [0.25, 0.3) is 0 Å². The largest absolute Gasteiger partial charge is 0.478 e. The van der Waals surface area contributed by atoms with Gasteiger partial charge in [-0.15, -0.1) is 0 Å². The number of carboxylic acid groups (broad SMARTS) is 2. The van der Waals surface area contributed by atoms with Crippen LogP contribution < -0.4 is 0 Å². The first-order chi connectivity index (χ1) is 12.9. The van der Waals surface area contributed by atoms with E-state index < -0.39 is 11.9 Å². The van der Waals surface area contributed by atoms with Crippen molar-refractivity contribution in [2.75, 3.05) is 0 Å². The molecule has 4 aliphatic carbocycles. The first-order valence-corrected chi connectivity index (χ1v) is 9.86. The molecule has 144 valence electrons. The van der Waals surface area contributed by atoms with Crippen molar-refractivity contribution >= 4 is 11.9 Å². The lowest BCUT2D eigenvalue weighted by atomic mass is 10.1. The summed E-state index contributed by atoms with van der Waals surface area (Å²) in [6, 6.07) is 3.91. The van der Waals surface area contributed by atoms with E-state index in [2.05, 4.69) is 24.3 Å². The maximum absolute atomic E-state index is 10.6. The smallest absolute Gasteiger partial charge is 0.335 e. The third kappa shape index (κ3) is 5.09. The van der Waals surface area contributed by atoms with Crippen molar-refractivity contribution in [1.82, 2.24) is 0 Å². The average molecular weight is 368 g/mol. The first kappa shape index (κ1) is 19.4. The molecule has 2 fully saturated rings. The molecule has 0 saturated heterocycles. The SMILES string of the molecule is C1=CC2CCC1C2.C1=CC2CCC1C2.Cc1cc(C(=O)O)ccc1C(=O)O. The molecule has 0 aliphatic heterocycles. The van der Waals surface area contributed by atoms with Gasteiger partial charge in [-0.2, -0.15) is 0 Å². The van der Waals surface area contributed by atoms with Gasteiger partial charge in [0, 0.05) is 0 Å². The maximum atomic E-state index is 10.6. The number of fused-ring (bicyclic) bond motifs is 4. The van der Waals surface area contributed by atoms with Gasteiger partial charge in [0.15, 0.2) is 0 Å². The summed E-state index contributed by atoms with van der Waals surface area (Å²) in [6.45, 7) is 1.57. The fraction of sp³-hybridized carbons (Fsp3) is 0.478. The van der Waals surface area contributed by atoms with Crippen molar-refractivity contribution < 1.29 is 19.8 Å². The van der Waals surface area contributed by atoms with Crippen molar-refractivity contribution in [3.05, 3.63) is 59.2 Å². The molecule has 4 heteroatoms. The Morgan fingerprint density at radius 3 is 1.44 bits per heavy atom. The van der Waals surface area contributed by atoms with Crippen LogP contribution in [0.25, 0.3) is 0 Å². The van der Waals surface area contributed by atoms with E-state index in [1.807, 2.05) is 0 Å².